The molecule has 2 aromatic rings. The lowest BCUT2D eigenvalue weighted by Crippen LogP contribution is -2.55. The number of rotatable bonds is 41. The van der Waals surface area contributed by atoms with Crippen molar-refractivity contribution in [2.45, 2.75) is 156 Å². The maximum absolute atomic E-state index is 14.3. The first kappa shape index (κ1) is 64.1. The number of hydrogen-bond donors (Lipinski definition) is 5. The lowest BCUT2D eigenvalue weighted by atomic mass is 9.81. The summed E-state index contributed by atoms with van der Waals surface area (Å²) in [4.78, 5) is 80.9. The summed E-state index contributed by atoms with van der Waals surface area (Å²) >= 11 is 3.11. The molecule has 0 radical (unpaired) electrons. The largest absolute Gasteiger partial charge is 0.379 e. The fourth-order valence-electron chi connectivity index (χ4n) is 9.10. The zero-order valence-corrected chi connectivity index (χ0v) is 47.6. The van der Waals surface area contributed by atoms with Crippen LogP contribution < -0.4 is 26.6 Å². The Balaban J connectivity index is 1.57. The Bertz CT molecular complexity index is 1940. The predicted octanol–water partition coefficient (Wildman–Crippen LogP) is 7.70. The molecule has 416 valence electrons. The third-order valence-corrected chi connectivity index (χ3v) is 14.3. The van der Waals surface area contributed by atoms with Crippen LogP contribution in [0.3, 0.4) is 0 Å². The van der Waals surface area contributed by atoms with E-state index in [4.69, 9.17) is 18.9 Å². The number of ketones is 1. The molecular formula is C58H92BrN5O10. The summed E-state index contributed by atoms with van der Waals surface area (Å²) in [6.45, 7) is 20.2. The number of epoxide rings is 1. The second-order valence-corrected chi connectivity index (χ2v) is 21.9. The summed E-state index contributed by atoms with van der Waals surface area (Å²) in [5, 5.41) is 15.0. The van der Waals surface area contributed by atoms with Gasteiger partial charge in [0.2, 0.25) is 29.5 Å². The number of carbonyl (C=O) groups is 6. The van der Waals surface area contributed by atoms with Crippen molar-refractivity contribution in [3.8, 4) is 0 Å². The van der Waals surface area contributed by atoms with Crippen LogP contribution in [0.25, 0.3) is 0 Å². The number of hydrogen-bond acceptors (Lipinski definition) is 10. The minimum Gasteiger partial charge on any atom is -0.379 e. The van der Waals surface area contributed by atoms with Gasteiger partial charge in [0.15, 0.2) is 5.78 Å². The summed E-state index contributed by atoms with van der Waals surface area (Å²) in [5.41, 5.74) is 1.03. The summed E-state index contributed by atoms with van der Waals surface area (Å²) in [6, 6.07) is 16.8. The molecule has 5 amide bonds. The minimum atomic E-state index is -0.924. The molecule has 0 saturated carbocycles. The van der Waals surface area contributed by atoms with Crippen LogP contribution in [0.5, 0.6) is 0 Å². The SMILES string of the molecule is CCC[C@H](CCCOCCOCCOCCNC(=O)CBr)C[C@H](C)[C@H](C)CCC(=O)NC(CCc1ccccc1)C(=O)N[C@@H](CC(C)C)C(=O)NCC(Cc1ccccc1)C(=O)N[C@@H](CC(C)C)C(=O)[C@@]1(C)CO1. The van der Waals surface area contributed by atoms with Crippen molar-refractivity contribution in [3.05, 3.63) is 71.8 Å². The summed E-state index contributed by atoms with van der Waals surface area (Å²) in [5.74, 6) is -0.933. The van der Waals surface area contributed by atoms with E-state index in [0.29, 0.717) is 103 Å². The molecule has 8 atom stereocenters. The molecular weight excluding hydrogens is 1010 g/mol. The lowest BCUT2D eigenvalue weighted by Gasteiger charge is -2.27. The molecule has 0 aliphatic carbocycles. The molecule has 1 heterocycles. The number of amides is 5. The van der Waals surface area contributed by atoms with Gasteiger partial charge in [0, 0.05) is 26.1 Å². The zero-order chi connectivity index (χ0) is 54.3. The number of carbonyl (C=O) groups excluding carboxylic acids is 6. The number of benzene rings is 2. The molecule has 0 bridgehead atoms. The molecule has 1 saturated heterocycles. The minimum absolute atomic E-state index is 0.0174. The van der Waals surface area contributed by atoms with Crippen LogP contribution in [-0.2, 0) is 60.6 Å². The Morgan fingerprint density at radius 3 is 1.80 bits per heavy atom. The lowest BCUT2D eigenvalue weighted by molar-refractivity contribution is -0.134. The van der Waals surface area contributed by atoms with Gasteiger partial charge in [-0.2, -0.15) is 0 Å². The first-order valence-corrected chi connectivity index (χ1v) is 28.6. The van der Waals surface area contributed by atoms with Gasteiger partial charge in [-0.05, 0) is 105 Å². The summed E-state index contributed by atoms with van der Waals surface area (Å²) in [7, 11) is 0. The molecule has 1 aliphatic heterocycles. The first-order valence-electron chi connectivity index (χ1n) is 27.4. The van der Waals surface area contributed by atoms with Gasteiger partial charge in [-0.1, -0.05) is 138 Å². The van der Waals surface area contributed by atoms with Gasteiger partial charge < -0.3 is 45.5 Å². The molecule has 2 aromatic carbocycles. The zero-order valence-electron chi connectivity index (χ0n) is 46.0. The van der Waals surface area contributed by atoms with Gasteiger partial charge in [-0.25, -0.2) is 0 Å². The molecule has 0 spiro atoms. The Morgan fingerprint density at radius 1 is 0.622 bits per heavy atom. The highest BCUT2D eigenvalue weighted by molar-refractivity contribution is 9.09. The quantitative estimate of drug-likeness (QED) is 0.0250. The molecule has 2 unspecified atom stereocenters. The van der Waals surface area contributed by atoms with E-state index in [2.05, 4.69) is 63.3 Å². The number of aryl methyl sites for hydroxylation is 1. The van der Waals surface area contributed by atoms with Crippen LogP contribution >= 0.6 is 15.9 Å². The molecule has 0 aromatic heterocycles. The monoisotopic (exact) mass is 1100 g/mol. The van der Waals surface area contributed by atoms with Gasteiger partial charge in [-0.15, -0.1) is 0 Å². The van der Waals surface area contributed by atoms with Gasteiger partial charge in [0.25, 0.3) is 0 Å². The average Bonchev–Trinajstić information content (AvgIpc) is 4.14. The van der Waals surface area contributed by atoms with Gasteiger partial charge in [-0.3, -0.25) is 28.8 Å². The second kappa shape index (κ2) is 35.9. The normalized spacial score (nSPS) is 17.1. The highest BCUT2D eigenvalue weighted by atomic mass is 79.9. The van der Waals surface area contributed by atoms with Crippen LogP contribution in [0.4, 0.5) is 0 Å². The van der Waals surface area contributed by atoms with Crippen molar-refractivity contribution in [2.75, 3.05) is 64.7 Å². The van der Waals surface area contributed by atoms with Crippen LogP contribution in [0.2, 0.25) is 0 Å². The highest BCUT2D eigenvalue weighted by Gasteiger charge is 2.50. The van der Waals surface area contributed by atoms with E-state index in [1.54, 1.807) is 6.92 Å². The predicted molar refractivity (Wildman–Crippen MR) is 295 cm³/mol. The Kier molecular flexibility index (Phi) is 31.1. The van der Waals surface area contributed by atoms with E-state index < -0.39 is 41.5 Å². The average molecular weight is 1100 g/mol. The number of halogens is 1. The smallest absolute Gasteiger partial charge is 0.243 e. The fraction of sp³-hybridized carbons (Fsp3) is 0.690. The Hall–Kier alpha value is -4.22. The van der Waals surface area contributed by atoms with Crippen molar-refractivity contribution in [2.24, 2.45) is 35.5 Å². The maximum Gasteiger partial charge on any atom is 0.243 e. The topological polar surface area (TPSA) is 203 Å². The number of ether oxygens (including phenoxy) is 4. The van der Waals surface area contributed by atoms with Crippen LogP contribution in [-0.4, -0.2) is 124 Å². The van der Waals surface area contributed by atoms with Gasteiger partial charge in [0.05, 0.1) is 56.9 Å². The highest BCUT2D eigenvalue weighted by Crippen LogP contribution is 2.31. The molecule has 1 fully saturated rings. The number of Topliss-reactive ketones (excluding diaryl/α,β-unsaturated/α-hetero) is 1. The van der Waals surface area contributed by atoms with Crippen LogP contribution in [0.1, 0.15) is 131 Å². The molecule has 5 N–H and O–H groups in total. The maximum atomic E-state index is 14.3. The Labute approximate surface area is 451 Å². The van der Waals surface area contributed by atoms with Crippen LogP contribution in [0.15, 0.2) is 60.7 Å². The van der Waals surface area contributed by atoms with Gasteiger partial charge >= 0.3 is 0 Å². The van der Waals surface area contributed by atoms with E-state index in [-0.39, 0.29) is 59.6 Å². The molecule has 1 aliphatic rings. The van der Waals surface area contributed by atoms with Crippen molar-refractivity contribution >= 4 is 51.2 Å². The van der Waals surface area contributed by atoms with E-state index in [9.17, 15) is 28.8 Å². The Morgan fingerprint density at radius 2 is 1.20 bits per heavy atom. The molecule has 74 heavy (non-hydrogen) atoms. The van der Waals surface area contributed by atoms with E-state index in [1.165, 1.54) is 0 Å². The van der Waals surface area contributed by atoms with Crippen LogP contribution in [0, 0.1) is 35.5 Å². The van der Waals surface area contributed by atoms with E-state index in [0.717, 1.165) is 43.2 Å². The third-order valence-electron chi connectivity index (χ3n) is 13.7. The van der Waals surface area contributed by atoms with E-state index >= 15 is 0 Å². The van der Waals surface area contributed by atoms with Crippen molar-refractivity contribution < 1.29 is 47.7 Å². The summed E-state index contributed by atoms with van der Waals surface area (Å²) in [6.07, 6.45) is 8.28. The second-order valence-electron chi connectivity index (χ2n) is 21.4. The van der Waals surface area contributed by atoms with Crippen molar-refractivity contribution in [3.63, 3.8) is 0 Å². The number of alkyl halides is 1. The summed E-state index contributed by atoms with van der Waals surface area (Å²) < 4.78 is 22.4. The van der Waals surface area contributed by atoms with Crippen molar-refractivity contribution in [1.29, 1.82) is 0 Å². The molecule has 16 heteroatoms. The standard InChI is InChI=1S/C58H92BrN5O10/c1-9-17-46(22-16-28-71-30-32-73-33-31-72-29-27-60-53(66)38-59)36-44(7)43(6)23-26-52(65)62-49(25-24-45-18-12-10-13-19-45)57(70)64-51(35-42(4)5)56(69)61-39-48(37-47-20-14-11-15-21-47)55(68)63-50(34-41(2)3)54(67)58(8)40-74-58/h10-15,18-21,41-44,46,48-51H,9,16-17,22-40H2,1-8H3,(H,60,66)(H,61,69)(H,62,65)(H,63,68)(H,64,70)/t43-,44+,46-,48?,49?,50+,51+,58-/m1/s1. The molecule has 15 nitrogen and oxygen atoms in total. The fourth-order valence-corrected chi connectivity index (χ4v) is 9.29. The van der Waals surface area contributed by atoms with Crippen molar-refractivity contribution in [1.82, 2.24) is 26.6 Å². The van der Waals surface area contributed by atoms with E-state index in [1.807, 2.05) is 88.4 Å². The van der Waals surface area contributed by atoms with Gasteiger partial charge in [0.1, 0.15) is 17.7 Å². The third kappa shape index (κ3) is 26.5. The first-order chi connectivity index (χ1) is 35.4. The molecule has 3 rings (SSSR count). The number of nitrogens with one attached hydrogen (secondary N) is 5.